The second-order valence-electron chi connectivity index (χ2n) is 4.43. The van der Waals surface area contributed by atoms with E-state index in [1.54, 1.807) is 0 Å². The van der Waals surface area contributed by atoms with Crippen LogP contribution < -0.4 is 15.8 Å². The van der Waals surface area contributed by atoms with Gasteiger partial charge in [-0.2, -0.15) is 8.78 Å². The zero-order chi connectivity index (χ0) is 12.6. The summed E-state index contributed by atoms with van der Waals surface area (Å²) in [5.41, 5.74) is 6.13. The van der Waals surface area contributed by atoms with Gasteiger partial charge in [-0.1, -0.05) is 0 Å². The lowest BCUT2D eigenvalue weighted by atomic mass is 10.2. The number of nitrogen functional groups attached to an aromatic ring is 1. The smallest absolute Gasteiger partial charge is 0.387 e. The standard InChI is InChI=1S/C11H13F3N2O/c1-11(2-3-11)16-8-5-9(17-10(13)14)6(12)4-7(8)15/h4-5,10,16H,2-3,15H2,1H3. The van der Waals surface area contributed by atoms with Gasteiger partial charge >= 0.3 is 6.61 Å². The molecule has 6 heteroatoms. The highest BCUT2D eigenvalue weighted by molar-refractivity contribution is 5.70. The summed E-state index contributed by atoms with van der Waals surface area (Å²) in [4.78, 5) is 0. The van der Waals surface area contributed by atoms with Crippen molar-refractivity contribution in [1.29, 1.82) is 0 Å². The first kappa shape index (κ1) is 11.9. The molecular formula is C11H13F3N2O. The molecule has 0 aromatic heterocycles. The number of benzene rings is 1. The Balaban J connectivity index is 2.25. The molecule has 1 fully saturated rings. The van der Waals surface area contributed by atoms with E-state index in [1.165, 1.54) is 6.07 Å². The zero-order valence-electron chi connectivity index (χ0n) is 9.27. The average molecular weight is 246 g/mol. The molecule has 17 heavy (non-hydrogen) atoms. The van der Waals surface area contributed by atoms with Crippen LogP contribution in [0.15, 0.2) is 12.1 Å². The molecule has 0 unspecified atom stereocenters. The van der Waals surface area contributed by atoms with Crippen LogP contribution in [0, 0.1) is 5.82 Å². The molecule has 3 N–H and O–H groups in total. The van der Waals surface area contributed by atoms with E-state index in [4.69, 9.17) is 5.73 Å². The third-order valence-corrected chi connectivity index (χ3v) is 2.76. The van der Waals surface area contributed by atoms with E-state index in [1.807, 2.05) is 6.92 Å². The van der Waals surface area contributed by atoms with Crippen molar-refractivity contribution >= 4 is 11.4 Å². The summed E-state index contributed by atoms with van der Waals surface area (Å²) in [7, 11) is 0. The molecule has 1 aliphatic carbocycles. The largest absolute Gasteiger partial charge is 0.432 e. The van der Waals surface area contributed by atoms with Crippen molar-refractivity contribution in [3.63, 3.8) is 0 Å². The second-order valence-corrected chi connectivity index (χ2v) is 4.43. The summed E-state index contributed by atoms with van der Waals surface area (Å²) in [6.45, 7) is -1.08. The summed E-state index contributed by atoms with van der Waals surface area (Å²) in [6.07, 6.45) is 1.93. The van der Waals surface area contributed by atoms with Gasteiger partial charge in [0.15, 0.2) is 11.6 Å². The molecule has 1 aromatic carbocycles. The van der Waals surface area contributed by atoms with Crippen molar-refractivity contribution in [1.82, 2.24) is 0 Å². The van der Waals surface area contributed by atoms with Crippen molar-refractivity contribution in [2.24, 2.45) is 0 Å². The third kappa shape index (κ3) is 2.75. The van der Waals surface area contributed by atoms with Crippen LogP contribution in [0.3, 0.4) is 0 Å². The highest BCUT2D eigenvalue weighted by atomic mass is 19.3. The van der Waals surface area contributed by atoms with Gasteiger partial charge in [-0.3, -0.25) is 0 Å². The van der Waals surface area contributed by atoms with E-state index >= 15 is 0 Å². The monoisotopic (exact) mass is 246 g/mol. The van der Waals surface area contributed by atoms with Crippen LogP contribution in [0.4, 0.5) is 24.5 Å². The lowest BCUT2D eigenvalue weighted by Gasteiger charge is -2.17. The first-order valence-corrected chi connectivity index (χ1v) is 5.22. The van der Waals surface area contributed by atoms with Crippen LogP contribution in [0.25, 0.3) is 0 Å². The molecule has 0 aliphatic heterocycles. The fourth-order valence-corrected chi connectivity index (χ4v) is 1.50. The fraction of sp³-hybridized carbons (Fsp3) is 0.455. The van der Waals surface area contributed by atoms with Gasteiger partial charge in [0.1, 0.15) is 0 Å². The minimum Gasteiger partial charge on any atom is -0.432 e. The van der Waals surface area contributed by atoms with Crippen molar-refractivity contribution in [3.8, 4) is 5.75 Å². The Morgan fingerprint density at radius 2 is 2.06 bits per heavy atom. The van der Waals surface area contributed by atoms with Gasteiger partial charge in [0.05, 0.1) is 11.4 Å². The number of hydrogen-bond acceptors (Lipinski definition) is 3. The molecule has 0 atom stereocenters. The lowest BCUT2D eigenvalue weighted by Crippen LogP contribution is -2.17. The van der Waals surface area contributed by atoms with Gasteiger partial charge in [-0.15, -0.1) is 0 Å². The van der Waals surface area contributed by atoms with Crippen molar-refractivity contribution < 1.29 is 17.9 Å². The van der Waals surface area contributed by atoms with Crippen LogP contribution >= 0.6 is 0 Å². The van der Waals surface area contributed by atoms with Crippen molar-refractivity contribution in [3.05, 3.63) is 17.9 Å². The molecule has 1 aromatic rings. The van der Waals surface area contributed by atoms with E-state index in [0.717, 1.165) is 18.9 Å². The first-order chi connectivity index (χ1) is 7.89. The van der Waals surface area contributed by atoms with Gasteiger partial charge in [-0.05, 0) is 19.8 Å². The lowest BCUT2D eigenvalue weighted by molar-refractivity contribution is -0.0521. The predicted octanol–water partition coefficient (Wildman–Crippen LogP) is 2.97. The maximum atomic E-state index is 13.3. The molecular weight excluding hydrogens is 233 g/mol. The van der Waals surface area contributed by atoms with Crippen LogP contribution in [0.5, 0.6) is 5.75 Å². The maximum absolute atomic E-state index is 13.3. The summed E-state index contributed by atoms with van der Waals surface area (Å²) in [5, 5.41) is 3.08. The Morgan fingerprint density at radius 1 is 1.41 bits per heavy atom. The van der Waals surface area contributed by atoms with Crippen LogP contribution in [0.2, 0.25) is 0 Å². The molecule has 0 radical (unpaired) electrons. The maximum Gasteiger partial charge on any atom is 0.387 e. The van der Waals surface area contributed by atoms with Gasteiger partial charge in [-0.25, -0.2) is 4.39 Å². The Bertz CT molecular complexity index is 433. The van der Waals surface area contributed by atoms with Crippen LogP contribution in [-0.2, 0) is 0 Å². The van der Waals surface area contributed by atoms with Gasteiger partial charge in [0.2, 0.25) is 0 Å². The summed E-state index contributed by atoms with van der Waals surface area (Å²) < 4.78 is 41.4. The minimum atomic E-state index is -3.06. The third-order valence-electron chi connectivity index (χ3n) is 2.76. The predicted molar refractivity (Wildman–Crippen MR) is 58.7 cm³/mol. The number of nitrogens with two attached hydrogens (primary N) is 1. The molecule has 3 nitrogen and oxygen atoms in total. The molecule has 0 saturated heterocycles. The van der Waals surface area contributed by atoms with Gasteiger partial charge < -0.3 is 15.8 Å². The van der Waals surface area contributed by atoms with Crippen LogP contribution in [-0.4, -0.2) is 12.2 Å². The Hall–Kier alpha value is -1.59. The molecule has 0 heterocycles. The molecule has 0 amide bonds. The molecule has 2 rings (SSSR count). The zero-order valence-corrected chi connectivity index (χ0v) is 9.27. The number of anilines is 2. The number of rotatable bonds is 4. The van der Waals surface area contributed by atoms with Crippen LogP contribution in [0.1, 0.15) is 19.8 Å². The molecule has 0 bridgehead atoms. The minimum absolute atomic E-state index is 0.0753. The molecule has 0 spiro atoms. The summed E-state index contributed by atoms with van der Waals surface area (Å²) >= 11 is 0. The normalized spacial score (nSPS) is 17.0. The SMILES string of the molecule is CC1(Nc2cc(OC(F)F)c(F)cc2N)CC1. The topological polar surface area (TPSA) is 47.3 Å². The highest BCUT2D eigenvalue weighted by Gasteiger charge is 2.37. The van der Waals surface area contributed by atoms with Crippen molar-refractivity contribution in [2.75, 3.05) is 11.1 Å². The van der Waals surface area contributed by atoms with E-state index in [2.05, 4.69) is 10.1 Å². The van der Waals surface area contributed by atoms with E-state index in [0.29, 0.717) is 5.69 Å². The number of ether oxygens (including phenoxy) is 1. The van der Waals surface area contributed by atoms with E-state index in [9.17, 15) is 13.2 Å². The number of halogens is 3. The molecule has 1 aliphatic rings. The quantitative estimate of drug-likeness (QED) is 0.803. The fourth-order valence-electron chi connectivity index (χ4n) is 1.50. The van der Waals surface area contributed by atoms with Gasteiger partial charge in [0.25, 0.3) is 0 Å². The second kappa shape index (κ2) is 4.01. The number of nitrogens with one attached hydrogen (secondary N) is 1. The average Bonchev–Trinajstić information content (AvgIpc) is 2.91. The number of hydrogen-bond donors (Lipinski definition) is 2. The highest BCUT2D eigenvalue weighted by Crippen LogP contribution is 2.40. The van der Waals surface area contributed by atoms with Crippen molar-refractivity contribution in [2.45, 2.75) is 31.9 Å². The number of alkyl halides is 2. The Morgan fingerprint density at radius 3 is 2.59 bits per heavy atom. The Kier molecular flexibility index (Phi) is 2.81. The first-order valence-electron chi connectivity index (χ1n) is 5.22. The van der Waals surface area contributed by atoms with Gasteiger partial charge in [0, 0.05) is 17.7 Å². The Labute approximate surface area is 96.8 Å². The molecule has 94 valence electrons. The summed E-state index contributed by atoms with van der Waals surface area (Å²) in [5.74, 6) is -1.39. The molecule has 1 saturated carbocycles. The van der Waals surface area contributed by atoms with E-state index in [-0.39, 0.29) is 11.2 Å². The summed E-state index contributed by atoms with van der Waals surface area (Å²) in [6, 6.07) is 2.15. The van der Waals surface area contributed by atoms with E-state index < -0.39 is 18.2 Å².